The molecular weight excluding hydrogens is 196 g/mol. The van der Waals surface area contributed by atoms with Gasteiger partial charge in [0.2, 0.25) is 0 Å². The van der Waals surface area contributed by atoms with Crippen LogP contribution in [0.25, 0.3) is 0 Å². The standard InChI is InChI=1S/C10H20N2O3/c1-10(2,3)8-6(4-11)7(13)5-12(8)9(14)15/h6-8,13H,4-5,11H2,1-3H3,(H,14,15)/t6-,7-,8?/m1/s1. The summed E-state index contributed by atoms with van der Waals surface area (Å²) in [4.78, 5) is 12.3. The molecule has 1 fully saturated rings. The second kappa shape index (κ2) is 3.98. The Morgan fingerprint density at radius 3 is 2.40 bits per heavy atom. The summed E-state index contributed by atoms with van der Waals surface area (Å²) in [6.07, 6.45) is -1.62. The van der Waals surface area contributed by atoms with Gasteiger partial charge in [0.15, 0.2) is 0 Å². The second-order valence-corrected chi connectivity index (χ2v) is 5.21. The maximum absolute atomic E-state index is 11.0. The summed E-state index contributed by atoms with van der Waals surface area (Å²) in [5.41, 5.74) is 5.39. The Morgan fingerprint density at radius 2 is 2.07 bits per heavy atom. The third-order valence-electron chi connectivity index (χ3n) is 3.02. The Hall–Kier alpha value is -0.810. The lowest BCUT2D eigenvalue weighted by atomic mass is 9.79. The Kier molecular flexibility index (Phi) is 3.25. The first-order chi connectivity index (χ1) is 6.79. The Balaban J connectivity index is 2.97. The molecule has 1 amide bonds. The minimum absolute atomic E-state index is 0.166. The Morgan fingerprint density at radius 1 is 1.53 bits per heavy atom. The van der Waals surface area contributed by atoms with Gasteiger partial charge >= 0.3 is 6.09 Å². The quantitative estimate of drug-likeness (QED) is 0.589. The van der Waals surface area contributed by atoms with Crippen LogP contribution in [0.4, 0.5) is 4.79 Å². The first-order valence-corrected chi connectivity index (χ1v) is 5.16. The molecule has 0 aromatic carbocycles. The fraction of sp³-hybridized carbons (Fsp3) is 0.900. The van der Waals surface area contributed by atoms with Gasteiger partial charge in [0.1, 0.15) is 0 Å². The van der Waals surface area contributed by atoms with Gasteiger partial charge in [0, 0.05) is 12.0 Å². The molecule has 1 aliphatic heterocycles. The van der Waals surface area contributed by atoms with E-state index in [0.717, 1.165) is 0 Å². The molecule has 0 spiro atoms. The average molecular weight is 216 g/mol. The van der Waals surface area contributed by atoms with Gasteiger partial charge in [-0.2, -0.15) is 0 Å². The maximum atomic E-state index is 11.0. The molecule has 0 saturated carbocycles. The summed E-state index contributed by atoms with van der Waals surface area (Å²) < 4.78 is 0. The van der Waals surface area contributed by atoms with Crippen molar-refractivity contribution >= 4 is 6.09 Å². The smallest absolute Gasteiger partial charge is 0.407 e. The molecule has 15 heavy (non-hydrogen) atoms. The summed E-state index contributed by atoms with van der Waals surface area (Å²) in [5, 5.41) is 18.8. The molecular formula is C10H20N2O3. The molecule has 0 radical (unpaired) electrons. The third kappa shape index (κ3) is 2.23. The predicted molar refractivity (Wildman–Crippen MR) is 56.5 cm³/mol. The lowest BCUT2D eigenvalue weighted by molar-refractivity contribution is 0.0885. The van der Waals surface area contributed by atoms with E-state index < -0.39 is 12.2 Å². The number of rotatable bonds is 1. The van der Waals surface area contributed by atoms with Crippen molar-refractivity contribution in [2.24, 2.45) is 17.1 Å². The monoisotopic (exact) mass is 216 g/mol. The van der Waals surface area contributed by atoms with Crippen LogP contribution in [0.1, 0.15) is 20.8 Å². The van der Waals surface area contributed by atoms with Crippen LogP contribution in [0.3, 0.4) is 0 Å². The number of likely N-dealkylation sites (tertiary alicyclic amines) is 1. The van der Waals surface area contributed by atoms with E-state index in [1.165, 1.54) is 4.90 Å². The van der Waals surface area contributed by atoms with Crippen molar-refractivity contribution < 1.29 is 15.0 Å². The van der Waals surface area contributed by atoms with E-state index in [0.29, 0.717) is 6.54 Å². The average Bonchev–Trinajstić information content (AvgIpc) is 2.41. The normalized spacial score (nSPS) is 32.1. The molecule has 1 rings (SSSR count). The lowest BCUT2D eigenvalue weighted by Gasteiger charge is -2.36. The minimum Gasteiger partial charge on any atom is -0.465 e. The number of aliphatic hydroxyl groups is 1. The number of nitrogens with two attached hydrogens (primary N) is 1. The van der Waals surface area contributed by atoms with E-state index in [1.54, 1.807) is 0 Å². The third-order valence-corrected chi connectivity index (χ3v) is 3.02. The van der Waals surface area contributed by atoms with Crippen molar-refractivity contribution in [3.05, 3.63) is 0 Å². The molecule has 5 heteroatoms. The number of β-amino-alcohol motifs (C(OH)–C–C–N with tert-alkyl or cyclic N) is 1. The van der Waals surface area contributed by atoms with Gasteiger partial charge in [0.05, 0.1) is 12.6 Å². The molecule has 1 saturated heterocycles. The van der Waals surface area contributed by atoms with Gasteiger partial charge in [-0.05, 0) is 12.0 Å². The molecule has 0 aromatic heterocycles. The summed E-state index contributed by atoms with van der Waals surface area (Å²) >= 11 is 0. The van der Waals surface area contributed by atoms with Crippen molar-refractivity contribution in [2.45, 2.75) is 32.9 Å². The first-order valence-electron chi connectivity index (χ1n) is 5.16. The predicted octanol–water partition coefficient (Wildman–Crippen LogP) is 0.331. The van der Waals surface area contributed by atoms with E-state index in [2.05, 4.69) is 0 Å². The van der Waals surface area contributed by atoms with Crippen molar-refractivity contribution in [2.75, 3.05) is 13.1 Å². The van der Waals surface area contributed by atoms with Gasteiger partial charge in [-0.1, -0.05) is 20.8 Å². The van der Waals surface area contributed by atoms with Crippen LogP contribution in [-0.2, 0) is 0 Å². The highest BCUT2D eigenvalue weighted by molar-refractivity contribution is 5.66. The van der Waals surface area contributed by atoms with Gasteiger partial charge in [0.25, 0.3) is 0 Å². The number of nitrogens with zero attached hydrogens (tertiary/aromatic N) is 1. The van der Waals surface area contributed by atoms with E-state index >= 15 is 0 Å². The molecule has 3 atom stereocenters. The van der Waals surface area contributed by atoms with Crippen LogP contribution in [-0.4, -0.2) is 46.4 Å². The van der Waals surface area contributed by atoms with Crippen LogP contribution in [0.15, 0.2) is 0 Å². The first kappa shape index (κ1) is 12.3. The molecule has 88 valence electrons. The Labute approximate surface area is 89.9 Å². The zero-order valence-corrected chi connectivity index (χ0v) is 9.47. The van der Waals surface area contributed by atoms with Crippen molar-refractivity contribution in [3.63, 3.8) is 0 Å². The second-order valence-electron chi connectivity index (χ2n) is 5.21. The van der Waals surface area contributed by atoms with Gasteiger partial charge in [-0.15, -0.1) is 0 Å². The largest absolute Gasteiger partial charge is 0.465 e. The Bertz CT molecular complexity index is 250. The zero-order chi connectivity index (χ0) is 11.8. The van der Waals surface area contributed by atoms with E-state index in [9.17, 15) is 9.90 Å². The summed E-state index contributed by atoms with van der Waals surface area (Å²) in [6.45, 7) is 6.38. The molecule has 0 aliphatic carbocycles. The number of carbonyl (C=O) groups is 1. The highest BCUT2D eigenvalue weighted by atomic mass is 16.4. The SMILES string of the molecule is CC(C)(C)C1[C@H](CN)[C@H](O)CN1C(=O)O. The molecule has 0 bridgehead atoms. The van der Waals surface area contributed by atoms with Gasteiger partial charge < -0.3 is 20.8 Å². The van der Waals surface area contributed by atoms with Crippen molar-refractivity contribution in [1.82, 2.24) is 4.90 Å². The lowest BCUT2D eigenvalue weighted by Crippen LogP contribution is -2.47. The fourth-order valence-corrected chi connectivity index (χ4v) is 2.48. The van der Waals surface area contributed by atoms with Crippen LogP contribution in [0.2, 0.25) is 0 Å². The van der Waals surface area contributed by atoms with E-state index in [-0.39, 0.29) is 23.9 Å². The van der Waals surface area contributed by atoms with E-state index in [1.807, 2.05) is 20.8 Å². The molecule has 0 aromatic rings. The van der Waals surface area contributed by atoms with Crippen molar-refractivity contribution in [1.29, 1.82) is 0 Å². The van der Waals surface area contributed by atoms with Gasteiger partial charge in [-0.25, -0.2) is 4.79 Å². The van der Waals surface area contributed by atoms with Crippen LogP contribution in [0.5, 0.6) is 0 Å². The highest BCUT2D eigenvalue weighted by Gasteiger charge is 2.47. The van der Waals surface area contributed by atoms with Crippen molar-refractivity contribution in [3.8, 4) is 0 Å². The number of amides is 1. The number of hydrogen-bond donors (Lipinski definition) is 3. The number of hydrogen-bond acceptors (Lipinski definition) is 3. The molecule has 4 N–H and O–H groups in total. The minimum atomic E-state index is -0.982. The van der Waals surface area contributed by atoms with Crippen LogP contribution >= 0.6 is 0 Å². The van der Waals surface area contributed by atoms with Crippen LogP contribution in [0, 0.1) is 11.3 Å². The maximum Gasteiger partial charge on any atom is 0.407 e. The topological polar surface area (TPSA) is 86.8 Å². The fourth-order valence-electron chi connectivity index (χ4n) is 2.48. The summed E-state index contributed by atoms with van der Waals surface area (Å²) in [5.74, 6) is -0.166. The highest BCUT2D eigenvalue weighted by Crippen LogP contribution is 2.36. The summed E-state index contributed by atoms with van der Waals surface area (Å²) in [6, 6.07) is -0.213. The number of carboxylic acid groups (broad SMARTS) is 1. The molecule has 1 heterocycles. The zero-order valence-electron chi connectivity index (χ0n) is 9.47. The number of aliphatic hydroxyl groups excluding tert-OH is 1. The molecule has 1 unspecified atom stereocenters. The van der Waals surface area contributed by atoms with Crippen LogP contribution < -0.4 is 5.73 Å². The van der Waals surface area contributed by atoms with Gasteiger partial charge in [-0.3, -0.25) is 0 Å². The molecule has 1 aliphatic rings. The summed E-state index contributed by atoms with van der Waals surface area (Å²) in [7, 11) is 0. The molecule has 5 nitrogen and oxygen atoms in total. The van der Waals surface area contributed by atoms with E-state index in [4.69, 9.17) is 10.8 Å².